The molecule has 4 heteroatoms. The van der Waals surface area contributed by atoms with Crippen LogP contribution in [0.4, 0.5) is 4.39 Å². The Hall–Kier alpha value is -2.88. The fraction of sp³-hybridized carbons (Fsp3) is 0.105. The molecule has 0 aliphatic rings. The van der Waals surface area contributed by atoms with Crippen molar-refractivity contribution in [3.63, 3.8) is 0 Å². The molecule has 0 saturated heterocycles. The van der Waals surface area contributed by atoms with Gasteiger partial charge in [0.2, 0.25) is 0 Å². The summed E-state index contributed by atoms with van der Waals surface area (Å²) in [5.74, 6) is -0.534. The minimum absolute atomic E-state index is 0.0644. The highest BCUT2D eigenvalue weighted by Gasteiger charge is 2.06. The van der Waals surface area contributed by atoms with Crippen LogP contribution in [0, 0.1) is 5.82 Å². The molecule has 0 heterocycles. The number of allylic oxidation sites excluding steroid dienone is 2. The first-order chi connectivity index (χ1) is 11.1. The van der Waals surface area contributed by atoms with Crippen LogP contribution in [-0.2, 0) is 4.79 Å². The number of hydrogen-bond donors (Lipinski definition) is 1. The largest absolute Gasteiger partial charge is 0.497 e. The first-order valence-corrected chi connectivity index (χ1v) is 7.09. The fourth-order valence-corrected chi connectivity index (χ4v) is 2.14. The third-order valence-corrected chi connectivity index (χ3v) is 3.21. The summed E-state index contributed by atoms with van der Waals surface area (Å²) in [4.78, 5) is 10.6. The van der Waals surface area contributed by atoms with Crippen LogP contribution in [0.15, 0.2) is 66.8 Å². The molecule has 23 heavy (non-hydrogen) atoms. The zero-order valence-electron chi connectivity index (χ0n) is 12.7. The first kappa shape index (κ1) is 16.5. The molecular formula is C19H17FO3. The lowest BCUT2D eigenvalue weighted by molar-refractivity contribution is -0.136. The standard InChI is InChI=1S/C19H17FO3/c1-23-17-9-5-7-15(13-17)18(10-2-3-11-19(21)22)14-6-4-8-16(20)12-14/h2-10,12-13H,11H2,1H3,(H,21,22)/b3-2+,18-10-. The van der Waals surface area contributed by atoms with Crippen LogP contribution in [0.5, 0.6) is 5.75 Å². The number of ether oxygens (including phenoxy) is 1. The highest BCUT2D eigenvalue weighted by molar-refractivity contribution is 5.81. The maximum absolute atomic E-state index is 13.5. The van der Waals surface area contributed by atoms with E-state index in [-0.39, 0.29) is 12.2 Å². The highest BCUT2D eigenvalue weighted by Crippen LogP contribution is 2.27. The maximum atomic E-state index is 13.5. The van der Waals surface area contributed by atoms with Gasteiger partial charge in [0.05, 0.1) is 13.5 Å². The zero-order valence-corrected chi connectivity index (χ0v) is 12.7. The average Bonchev–Trinajstić information content (AvgIpc) is 2.54. The van der Waals surface area contributed by atoms with E-state index in [1.165, 1.54) is 12.1 Å². The minimum Gasteiger partial charge on any atom is -0.497 e. The van der Waals surface area contributed by atoms with E-state index in [4.69, 9.17) is 9.84 Å². The van der Waals surface area contributed by atoms with Crippen LogP contribution < -0.4 is 4.74 Å². The van der Waals surface area contributed by atoms with E-state index < -0.39 is 5.97 Å². The molecular weight excluding hydrogens is 295 g/mol. The molecule has 0 fully saturated rings. The Balaban J connectivity index is 2.44. The summed E-state index contributed by atoms with van der Waals surface area (Å²) in [5.41, 5.74) is 2.35. The molecule has 0 unspecified atom stereocenters. The molecule has 0 saturated carbocycles. The number of benzene rings is 2. The van der Waals surface area contributed by atoms with E-state index in [1.54, 1.807) is 37.5 Å². The van der Waals surface area contributed by atoms with Crippen molar-refractivity contribution < 1.29 is 19.0 Å². The van der Waals surface area contributed by atoms with Crippen molar-refractivity contribution in [1.82, 2.24) is 0 Å². The van der Waals surface area contributed by atoms with Crippen molar-refractivity contribution in [3.05, 3.63) is 83.7 Å². The molecule has 2 rings (SSSR count). The number of carboxylic acids is 1. The normalized spacial score (nSPS) is 11.7. The summed E-state index contributed by atoms with van der Waals surface area (Å²) in [7, 11) is 1.58. The van der Waals surface area contributed by atoms with Crippen LogP contribution in [0.25, 0.3) is 5.57 Å². The Morgan fingerprint density at radius 1 is 1.17 bits per heavy atom. The summed E-state index contributed by atoms with van der Waals surface area (Å²) < 4.78 is 18.8. The molecule has 0 amide bonds. The smallest absolute Gasteiger partial charge is 0.307 e. The Kier molecular flexibility index (Phi) is 5.69. The quantitative estimate of drug-likeness (QED) is 0.809. The van der Waals surface area contributed by atoms with Crippen LogP contribution in [0.3, 0.4) is 0 Å². The Labute approximate surface area is 134 Å². The number of methoxy groups -OCH3 is 1. The van der Waals surface area contributed by atoms with E-state index in [1.807, 2.05) is 24.3 Å². The topological polar surface area (TPSA) is 46.5 Å². The van der Waals surface area contributed by atoms with Crippen LogP contribution in [-0.4, -0.2) is 18.2 Å². The second kappa shape index (κ2) is 7.94. The second-order valence-corrected chi connectivity index (χ2v) is 4.85. The monoisotopic (exact) mass is 312 g/mol. The van der Waals surface area contributed by atoms with Gasteiger partial charge in [-0.25, -0.2) is 4.39 Å². The summed E-state index contributed by atoms with van der Waals surface area (Å²) in [6.07, 6.45) is 4.91. The average molecular weight is 312 g/mol. The Bertz CT molecular complexity index is 748. The second-order valence-electron chi connectivity index (χ2n) is 4.85. The van der Waals surface area contributed by atoms with E-state index in [9.17, 15) is 9.18 Å². The molecule has 0 aliphatic heterocycles. The van der Waals surface area contributed by atoms with Crippen LogP contribution in [0.2, 0.25) is 0 Å². The Morgan fingerprint density at radius 3 is 2.52 bits per heavy atom. The van der Waals surface area contributed by atoms with Gasteiger partial charge in [0, 0.05) is 0 Å². The number of aliphatic carboxylic acids is 1. The molecule has 1 N–H and O–H groups in total. The maximum Gasteiger partial charge on any atom is 0.307 e. The van der Waals surface area contributed by atoms with Crippen LogP contribution in [0.1, 0.15) is 17.5 Å². The van der Waals surface area contributed by atoms with Gasteiger partial charge in [-0.2, -0.15) is 0 Å². The fourth-order valence-electron chi connectivity index (χ4n) is 2.14. The minimum atomic E-state index is -0.900. The van der Waals surface area contributed by atoms with Gasteiger partial charge in [0.25, 0.3) is 0 Å². The summed E-state index contributed by atoms with van der Waals surface area (Å²) >= 11 is 0. The van der Waals surface area contributed by atoms with Gasteiger partial charge in [-0.05, 0) is 41.0 Å². The molecule has 0 aromatic heterocycles. The lowest BCUT2D eigenvalue weighted by atomic mass is 9.97. The van der Waals surface area contributed by atoms with Gasteiger partial charge in [-0.1, -0.05) is 42.5 Å². The Morgan fingerprint density at radius 2 is 1.87 bits per heavy atom. The molecule has 3 nitrogen and oxygen atoms in total. The van der Waals surface area contributed by atoms with E-state index in [2.05, 4.69) is 0 Å². The first-order valence-electron chi connectivity index (χ1n) is 7.09. The molecule has 0 atom stereocenters. The van der Waals surface area contributed by atoms with Crippen molar-refractivity contribution in [1.29, 1.82) is 0 Å². The molecule has 0 bridgehead atoms. The van der Waals surface area contributed by atoms with Gasteiger partial charge in [0.15, 0.2) is 0 Å². The number of rotatable bonds is 6. The van der Waals surface area contributed by atoms with Crippen molar-refractivity contribution in [2.75, 3.05) is 7.11 Å². The van der Waals surface area contributed by atoms with Gasteiger partial charge < -0.3 is 9.84 Å². The predicted molar refractivity (Wildman–Crippen MR) is 87.9 cm³/mol. The summed E-state index contributed by atoms with van der Waals surface area (Å²) in [5, 5.41) is 8.68. The van der Waals surface area contributed by atoms with Crippen molar-refractivity contribution in [3.8, 4) is 5.75 Å². The van der Waals surface area contributed by atoms with Crippen molar-refractivity contribution in [2.24, 2.45) is 0 Å². The SMILES string of the molecule is COc1cccc(/C(=C\C=C\CC(=O)O)c2cccc(F)c2)c1. The third kappa shape index (κ3) is 4.81. The molecule has 0 spiro atoms. The molecule has 118 valence electrons. The zero-order chi connectivity index (χ0) is 16.7. The van der Waals surface area contributed by atoms with Gasteiger partial charge >= 0.3 is 5.97 Å². The lowest BCUT2D eigenvalue weighted by Crippen LogP contribution is -1.91. The molecule has 2 aromatic carbocycles. The number of carboxylic acid groups (broad SMARTS) is 1. The van der Waals surface area contributed by atoms with Gasteiger partial charge in [-0.15, -0.1) is 0 Å². The molecule has 2 aromatic rings. The summed E-state index contributed by atoms with van der Waals surface area (Å²) in [6.45, 7) is 0. The molecule has 0 aliphatic carbocycles. The van der Waals surface area contributed by atoms with Gasteiger partial charge in [0.1, 0.15) is 11.6 Å². The third-order valence-electron chi connectivity index (χ3n) is 3.21. The number of halogens is 1. The van der Waals surface area contributed by atoms with Crippen molar-refractivity contribution >= 4 is 11.5 Å². The van der Waals surface area contributed by atoms with E-state index in [0.29, 0.717) is 11.3 Å². The number of hydrogen-bond acceptors (Lipinski definition) is 2. The molecule has 0 radical (unpaired) electrons. The predicted octanol–water partition coefficient (Wildman–Crippen LogP) is 4.30. The van der Waals surface area contributed by atoms with Crippen molar-refractivity contribution in [2.45, 2.75) is 6.42 Å². The van der Waals surface area contributed by atoms with E-state index >= 15 is 0 Å². The lowest BCUT2D eigenvalue weighted by Gasteiger charge is -2.09. The summed E-state index contributed by atoms with van der Waals surface area (Å²) in [6, 6.07) is 13.7. The van der Waals surface area contributed by atoms with E-state index in [0.717, 1.165) is 11.1 Å². The number of carbonyl (C=O) groups is 1. The van der Waals surface area contributed by atoms with Crippen LogP contribution >= 0.6 is 0 Å². The highest BCUT2D eigenvalue weighted by atomic mass is 19.1. The van der Waals surface area contributed by atoms with Gasteiger partial charge in [-0.3, -0.25) is 4.79 Å².